The number of nitrogens with zero attached hydrogens (tertiary/aromatic N) is 6. The van der Waals surface area contributed by atoms with Gasteiger partial charge in [-0.1, -0.05) is 35.1 Å². The van der Waals surface area contributed by atoms with Crippen LogP contribution in [0.2, 0.25) is 0 Å². The molecule has 0 N–H and O–H groups in total. The Bertz CT molecular complexity index is 1560. The maximum absolute atomic E-state index is 5.47. The van der Waals surface area contributed by atoms with Gasteiger partial charge in [0.15, 0.2) is 16.7 Å². The minimum atomic E-state index is 0.855. The highest BCUT2D eigenvalue weighted by molar-refractivity contribution is 7.99. The minimum absolute atomic E-state index is 0.855. The number of rotatable bonds is 8. The lowest BCUT2D eigenvalue weighted by atomic mass is 9.99. The molecule has 6 rings (SSSR count). The van der Waals surface area contributed by atoms with Gasteiger partial charge < -0.3 is 14.0 Å². The van der Waals surface area contributed by atoms with Crippen molar-refractivity contribution >= 4 is 22.7 Å². The zero-order chi connectivity index (χ0) is 25.9. The standard InChI is InChI=1S/C30H32N6OS/c1-21-18-28(37-34-21)25-8-7-22-11-15-36(16-12-23(22)19-25)14-3-4-17-38-30-33-32-29(35(30)2)26-9-10-27-24(20-26)6-5-13-31-27/h5-10,13,18-20H,3-4,11-12,14-17H2,1-2H3. The van der Waals surface area contributed by atoms with Crippen molar-refractivity contribution in [3.63, 3.8) is 0 Å². The number of aromatic nitrogens is 5. The van der Waals surface area contributed by atoms with Crippen LogP contribution in [-0.2, 0) is 19.9 Å². The van der Waals surface area contributed by atoms with Crippen LogP contribution in [0.25, 0.3) is 33.6 Å². The highest BCUT2D eigenvalue weighted by Crippen LogP contribution is 2.27. The van der Waals surface area contributed by atoms with Gasteiger partial charge in [0.25, 0.3) is 0 Å². The summed E-state index contributed by atoms with van der Waals surface area (Å²) in [5, 5.41) is 15.1. The molecule has 8 heteroatoms. The Morgan fingerprint density at radius 2 is 1.79 bits per heavy atom. The molecule has 5 aromatic rings. The zero-order valence-electron chi connectivity index (χ0n) is 21.9. The van der Waals surface area contributed by atoms with Crippen LogP contribution in [-0.4, -0.2) is 55.2 Å². The van der Waals surface area contributed by atoms with E-state index in [1.165, 1.54) is 17.5 Å². The molecule has 3 aromatic heterocycles. The van der Waals surface area contributed by atoms with E-state index in [0.717, 1.165) is 89.1 Å². The first-order chi connectivity index (χ1) is 18.6. The highest BCUT2D eigenvalue weighted by Gasteiger charge is 2.16. The van der Waals surface area contributed by atoms with Gasteiger partial charge in [-0.2, -0.15) is 0 Å². The molecular formula is C30H32N6OS. The molecule has 7 nitrogen and oxygen atoms in total. The highest BCUT2D eigenvalue weighted by atomic mass is 32.2. The molecule has 4 heterocycles. The molecule has 0 radical (unpaired) electrons. The Hall–Kier alpha value is -3.49. The van der Waals surface area contributed by atoms with Gasteiger partial charge >= 0.3 is 0 Å². The number of aryl methyl sites for hydroxylation is 1. The lowest BCUT2D eigenvalue weighted by Crippen LogP contribution is -2.27. The van der Waals surface area contributed by atoms with Gasteiger partial charge in [-0.25, -0.2) is 0 Å². The Kier molecular flexibility index (Phi) is 7.25. The summed E-state index contributed by atoms with van der Waals surface area (Å²) < 4.78 is 7.57. The summed E-state index contributed by atoms with van der Waals surface area (Å²) in [6.45, 7) is 5.32. The van der Waals surface area contributed by atoms with Gasteiger partial charge in [-0.05, 0) is 80.6 Å². The van der Waals surface area contributed by atoms with Crippen molar-refractivity contribution in [2.45, 2.75) is 37.8 Å². The third-order valence-corrected chi connectivity index (χ3v) is 8.42. The molecule has 0 atom stereocenters. The number of hydrogen-bond acceptors (Lipinski definition) is 7. The summed E-state index contributed by atoms with van der Waals surface area (Å²) in [5.74, 6) is 2.79. The van der Waals surface area contributed by atoms with Gasteiger partial charge in [0.2, 0.25) is 0 Å². The molecular weight excluding hydrogens is 492 g/mol. The average molecular weight is 525 g/mol. The molecule has 1 aliphatic heterocycles. The second-order valence-electron chi connectivity index (χ2n) is 9.99. The van der Waals surface area contributed by atoms with Gasteiger partial charge in [0.1, 0.15) is 0 Å². The van der Waals surface area contributed by atoms with Crippen LogP contribution in [0.4, 0.5) is 0 Å². The van der Waals surface area contributed by atoms with Crippen molar-refractivity contribution in [3.05, 3.63) is 77.6 Å². The fraction of sp³-hybridized carbons (Fsp3) is 0.333. The van der Waals surface area contributed by atoms with Crippen molar-refractivity contribution < 1.29 is 4.52 Å². The molecule has 0 fully saturated rings. The topological polar surface area (TPSA) is 72.9 Å². The van der Waals surface area contributed by atoms with Crippen molar-refractivity contribution in [1.29, 1.82) is 0 Å². The van der Waals surface area contributed by atoms with E-state index in [-0.39, 0.29) is 0 Å². The lowest BCUT2D eigenvalue weighted by molar-refractivity contribution is 0.283. The third kappa shape index (κ3) is 5.37. The maximum atomic E-state index is 5.47. The van der Waals surface area contributed by atoms with Crippen LogP contribution < -0.4 is 0 Å². The van der Waals surface area contributed by atoms with Gasteiger partial charge in [0.05, 0.1) is 11.2 Å². The predicted molar refractivity (Wildman–Crippen MR) is 152 cm³/mol. The van der Waals surface area contributed by atoms with E-state index in [4.69, 9.17) is 4.52 Å². The Balaban J connectivity index is 0.983. The van der Waals surface area contributed by atoms with Crippen molar-refractivity contribution in [3.8, 4) is 22.7 Å². The van der Waals surface area contributed by atoms with Crippen LogP contribution in [0, 0.1) is 6.92 Å². The second kappa shape index (κ2) is 11.1. The monoisotopic (exact) mass is 524 g/mol. The quantitative estimate of drug-likeness (QED) is 0.183. The lowest BCUT2D eigenvalue weighted by Gasteiger charge is -2.19. The molecule has 2 aromatic carbocycles. The number of pyridine rings is 1. The van der Waals surface area contributed by atoms with Gasteiger partial charge in [-0.3, -0.25) is 4.98 Å². The minimum Gasteiger partial charge on any atom is -0.356 e. The van der Waals surface area contributed by atoms with E-state index in [0.29, 0.717) is 0 Å². The fourth-order valence-electron chi connectivity index (χ4n) is 5.16. The average Bonchev–Trinajstić information content (AvgIpc) is 3.48. The predicted octanol–water partition coefficient (Wildman–Crippen LogP) is 5.97. The molecule has 0 saturated heterocycles. The molecule has 0 unspecified atom stereocenters. The van der Waals surface area contributed by atoms with Gasteiger partial charge in [-0.15, -0.1) is 10.2 Å². The number of thioether (sulfide) groups is 1. The number of fused-ring (bicyclic) bond motifs is 2. The van der Waals surface area contributed by atoms with Crippen molar-refractivity contribution in [1.82, 2.24) is 29.8 Å². The molecule has 0 amide bonds. The summed E-state index contributed by atoms with van der Waals surface area (Å²) in [5.41, 5.74) is 7.00. The molecule has 38 heavy (non-hydrogen) atoms. The van der Waals surface area contributed by atoms with E-state index in [9.17, 15) is 0 Å². The third-order valence-electron chi connectivity index (χ3n) is 7.31. The maximum Gasteiger partial charge on any atom is 0.191 e. The van der Waals surface area contributed by atoms with Crippen LogP contribution >= 0.6 is 11.8 Å². The largest absolute Gasteiger partial charge is 0.356 e. The summed E-state index contributed by atoms with van der Waals surface area (Å²) in [7, 11) is 2.05. The molecule has 194 valence electrons. The summed E-state index contributed by atoms with van der Waals surface area (Å²) in [4.78, 5) is 7.02. The SMILES string of the molecule is Cc1cc(-c2ccc3c(c2)CCN(CCCCSc2nnc(-c4ccc5ncccc5c4)n2C)CC3)on1. The van der Waals surface area contributed by atoms with Crippen LogP contribution in [0.15, 0.2) is 70.5 Å². The van der Waals surface area contributed by atoms with Crippen LogP contribution in [0.5, 0.6) is 0 Å². The van der Waals surface area contributed by atoms with E-state index in [2.05, 4.69) is 73.3 Å². The first kappa shape index (κ1) is 24.8. The van der Waals surface area contributed by atoms with Crippen molar-refractivity contribution in [2.75, 3.05) is 25.4 Å². The Morgan fingerprint density at radius 3 is 2.66 bits per heavy atom. The number of hydrogen-bond donors (Lipinski definition) is 0. The Labute approximate surface area is 227 Å². The number of benzene rings is 2. The first-order valence-electron chi connectivity index (χ1n) is 13.3. The second-order valence-corrected chi connectivity index (χ2v) is 11.1. The van der Waals surface area contributed by atoms with Crippen LogP contribution in [0.3, 0.4) is 0 Å². The van der Waals surface area contributed by atoms with Crippen molar-refractivity contribution in [2.24, 2.45) is 7.05 Å². The summed E-state index contributed by atoms with van der Waals surface area (Å²) in [6.07, 6.45) is 6.35. The van der Waals surface area contributed by atoms with E-state index in [1.54, 1.807) is 11.8 Å². The van der Waals surface area contributed by atoms with E-state index < -0.39 is 0 Å². The molecule has 1 aliphatic rings. The first-order valence-corrected chi connectivity index (χ1v) is 14.3. The summed E-state index contributed by atoms with van der Waals surface area (Å²) in [6, 6.07) is 19.0. The summed E-state index contributed by atoms with van der Waals surface area (Å²) >= 11 is 1.79. The molecule has 0 aliphatic carbocycles. The fourth-order valence-corrected chi connectivity index (χ4v) is 6.07. The van der Waals surface area contributed by atoms with Gasteiger partial charge in [0, 0.05) is 54.7 Å². The molecule has 0 spiro atoms. The smallest absolute Gasteiger partial charge is 0.191 e. The zero-order valence-corrected chi connectivity index (χ0v) is 22.7. The Morgan fingerprint density at radius 1 is 0.921 bits per heavy atom. The normalized spacial score (nSPS) is 14.1. The molecule has 0 saturated carbocycles. The van der Waals surface area contributed by atoms with Crippen LogP contribution in [0.1, 0.15) is 29.7 Å². The molecule has 0 bridgehead atoms. The van der Waals surface area contributed by atoms with E-state index in [1.807, 2.05) is 31.3 Å². The number of unbranched alkanes of at least 4 members (excludes halogenated alkanes) is 1. The van der Waals surface area contributed by atoms with E-state index >= 15 is 0 Å².